The van der Waals surface area contributed by atoms with Gasteiger partial charge in [0.25, 0.3) is 0 Å². The van der Waals surface area contributed by atoms with Crippen molar-refractivity contribution in [3.05, 3.63) is 0 Å². The Hall–Kier alpha value is 1.02. The Morgan fingerprint density at radius 1 is 0.938 bits per heavy atom. The molecule has 0 aliphatic carbocycles. The number of hydrogen-bond acceptors (Lipinski definition) is 3. The molecule has 0 aromatic heterocycles. The van der Waals surface area contributed by atoms with Gasteiger partial charge in [-0.15, -0.1) is 34.8 Å². The van der Waals surface area contributed by atoms with Gasteiger partial charge >= 0.3 is 7.60 Å². The first-order valence-corrected chi connectivity index (χ1v) is 8.09. The van der Waals surface area contributed by atoms with Crippen LogP contribution < -0.4 is 0 Å². The molecule has 7 heteroatoms. The van der Waals surface area contributed by atoms with E-state index in [1.165, 1.54) is 0 Å². The van der Waals surface area contributed by atoms with Gasteiger partial charge in [0.15, 0.2) is 0 Å². The van der Waals surface area contributed by atoms with E-state index in [2.05, 4.69) is 0 Å². The fraction of sp³-hybridized carbons (Fsp3) is 1.00. The van der Waals surface area contributed by atoms with Gasteiger partial charge < -0.3 is 9.05 Å². The van der Waals surface area contributed by atoms with Crippen molar-refractivity contribution in [1.82, 2.24) is 0 Å². The molecule has 0 amide bonds. The minimum atomic E-state index is -3.18. The molecule has 0 fully saturated rings. The van der Waals surface area contributed by atoms with Crippen LogP contribution in [0, 0.1) is 0 Å². The van der Waals surface area contributed by atoms with E-state index in [0.29, 0.717) is 0 Å². The van der Waals surface area contributed by atoms with Crippen LogP contribution in [0.5, 0.6) is 0 Å². The van der Waals surface area contributed by atoms with E-state index >= 15 is 0 Å². The molecule has 0 saturated heterocycles. The van der Waals surface area contributed by atoms with Crippen molar-refractivity contribution in [3.8, 4) is 0 Å². The van der Waals surface area contributed by atoms with Crippen LogP contribution in [0.3, 0.4) is 0 Å². The van der Waals surface area contributed by atoms with Crippen molar-refractivity contribution in [2.45, 2.75) is 36.9 Å². The van der Waals surface area contributed by atoms with Gasteiger partial charge in [-0.1, -0.05) is 0 Å². The number of halogens is 3. The standard InChI is InChI=1S/C9H18Cl3O3P/c1-7(10)4-14-16(13,6-9(3)12)15-5-8(2)11/h7-9H,4-6H2,1-3H3. The minimum Gasteiger partial charge on any atom is -0.307 e. The largest absolute Gasteiger partial charge is 0.332 e. The normalized spacial score (nSPS) is 21.1. The number of rotatable bonds is 8. The first-order chi connectivity index (χ1) is 7.25. The summed E-state index contributed by atoms with van der Waals surface area (Å²) in [5.41, 5.74) is 0. The first kappa shape index (κ1) is 17.0. The lowest BCUT2D eigenvalue weighted by atomic mass is 10.5. The van der Waals surface area contributed by atoms with E-state index < -0.39 is 7.60 Å². The molecule has 0 N–H and O–H groups in total. The third-order valence-electron chi connectivity index (χ3n) is 1.48. The lowest BCUT2D eigenvalue weighted by molar-refractivity contribution is 0.207. The zero-order valence-corrected chi connectivity index (χ0v) is 12.8. The maximum Gasteiger partial charge on any atom is 0.332 e. The first-order valence-electron chi connectivity index (χ1n) is 5.05. The van der Waals surface area contributed by atoms with Crippen LogP contribution in [0.25, 0.3) is 0 Å². The van der Waals surface area contributed by atoms with Crippen molar-refractivity contribution in [3.63, 3.8) is 0 Å². The molecule has 0 heterocycles. The zero-order chi connectivity index (χ0) is 12.8. The zero-order valence-electron chi connectivity index (χ0n) is 9.66. The van der Waals surface area contributed by atoms with E-state index in [1.807, 2.05) is 0 Å². The second kappa shape index (κ2) is 8.18. The van der Waals surface area contributed by atoms with E-state index in [9.17, 15) is 4.57 Å². The van der Waals surface area contributed by atoms with Crippen LogP contribution in [-0.4, -0.2) is 35.5 Å². The highest BCUT2D eigenvalue weighted by molar-refractivity contribution is 7.54. The molecule has 0 aromatic rings. The average molecular weight is 312 g/mol. The molecule has 0 rings (SSSR count). The summed E-state index contributed by atoms with van der Waals surface area (Å²) in [7, 11) is -3.18. The highest BCUT2D eigenvalue weighted by Crippen LogP contribution is 2.49. The van der Waals surface area contributed by atoms with Crippen molar-refractivity contribution in [1.29, 1.82) is 0 Å². The Kier molecular flexibility index (Phi) is 8.70. The van der Waals surface area contributed by atoms with E-state index in [-0.39, 0.29) is 35.5 Å². The Bertz CT molecular complexity index is 218. The lowest BCUT2D eigenvalue weighted by Gasteiger charge is -2.20. The van der Waals surface area contributed by atoms with Gasteiger partial charge in [0.1, 0.15) is 0 Å². The van der Waals surface area contributed by atoms with Gasteiger partial charge in [-0.05, 0) is 20.8 Å². The molecular formula is C9H18Cl3O3P. The van der Waals surface area contributed by atoms with Crippen LogP contribution in [0.4, 0.5) is 0 Å². The topological polar surface area (TPSA) is 35.5 Å². The Balaban J connectivity index is 4.30. The van der Waals surface area contributed by atoms with Crippen molar-refractivity contribution >= 4 is 42.4 Å². The minimum absolute atomic E-state index is 0.155. The summed E-state index contributed by atoms with van der Waals surface area (Å²) in [6.07, 6.45) is 0.155. The maximum absolute atomic E-state index is 12.2. The third kappa shape index (κ3) is 9.09. The molecule has 0 aromatic carbocycles. The van der Waals surface area contributed by atoms with Crippen molar-refractivity contribution in [2.75, 3.05) is 19.4 Å². The molecule has 0 bridgehead atoms. The Morgan fingerprint density at radius 2 is 1.31 bits per heavy atom. The fourth-order valence-corrected chi connectivity index (χ4v) is 3.50. The van der Waals surface area contributed by atoms with Crippen LogP contribution in [-0.2, 0) is 13.6 Å². The quantitative estimate of drug-likeness (QED) is 0.500. The summed E-state index contributed by atoms with van der Waals surface area (Å²) in [5.74, 6) is 0. The molecule has 0 aliphatic heterocycles. The molecule has 16 heavy (non-hydrogen) atoms. The smallest absolute Gasteiger partial charge is 0.307 e. The van der Waals surface area contributed by atoms with Gasteiger partial charge in [-0.2, -0.15) is 0 Å². The SMILES string of the molecule is CC(Cl)COP(=O)(CC(C)Cl)OCC(C)Cl. The summed E-state index contributed by atoms with van der Waals surface area (Å²) < 4.78 is 22.6. The number of alkyl halides is 3. The average Bonchev–Trinajstić information content (AvgIpc) is 2.11. The maximum atomic E-state index is 12.2. The van der Waals surface area contributed by atoms with Crippen LogP contribution in [0.2, 0.25) is 0 Å². The third-order valence-corrected chi connectivity index (χ3v) is 4.18. The van der Waals surface area contributed by atoms with E-state index in [4.69, 9.17) is 43.9 Å². The second-order valence-electron chi connectivity index (χ2n) is 3.73. The summed E-state index contributed by atoms with van der Waals surface area (Å²) in [6.45, 7) is 5.56. The lowest BCUT2D eigenvalue weighted by Crippen LogP contribution is -2.13. The molecule has 0 radical (unpaired) electrons. The summed E-state index contributed by atoms with van der Waals surface area (Å²) in [6, 6.07) is 0. The number of hydrogen-bond donors (Lipinski definition) is 0. The summed E-state index contributed by atoms with van der Waals surface area (Å²) >= 11 is 17.2. The highest BCUT2D eigenvalue weighted by Gasteiger charge is 2.27. The second-order valence-corrected chi connectivity index (χ2v) is 8.07. The predicted octanol–water partition coefficient (Wildman–Crippen LogP) is 4.09. The molecule has 3 unspecified atom stereocenters. The monoisotopic (exact) mass is 310 g/mol. The van der Waals surface area contributed by atoms with E-state index in [1.54, 1.807) is 20.8 Å². The molecule has 98 valence electrons. The molecule has 3 nitrogen and oxygen atoms in total. The highest BCUT2D eigenvalue weighted by atomic mass is 35.5. The van der Waals surface area contributed by atoms with Gasteiger partial charge in [0.05, 0.1) is 30.1 Å². The van der Waals surface area contributed by atoms with E-state index in [0.717, 1.165) is 0 Å². The van der Waals surface area contributed by atoms with Crippen LogP contribution >= 0.6 is 42.4 Å². The van der Waals surface area contributed by atoms with Gasteiger partial charge in [-0.3, -0.25) is 4.57 Å². The van der Waals surface area contributed by atoms with Crippen LogP contribution in [0.15, 0.2) is 0 Å². The summed E-state index contributed by atoms with van der Waals surface area (Å²) in [4.78, 5) is 0. The van der Waals surface area contributed by atoms with Gasteiger partial charge in [0, 0.05) is 5.38 Å². The van der Waals surface area contributed by atoms with Crippen LogP contribution in [0.1, 0.15) is 20.8 Å². The van der Waals surface area contributed by atoms with Crippen molar-refractivity contribution in [2.24, 2.45) is 0 Å². The Morgan fingerprint density at radius 3 is 1.56 bits per heavy atom. The van der Waals surface area contributed by atoms with Gasteiger partial charge in [-0.25, -0.2) is 0 Å². The molecular weight excluding hydrogens is 293 g/mol. The molecule has 0 spiro atoms. The summed E-state index contributed by atoms with van der Waals surface area (Å²) in [5, 5.41) is -0.742. The molecule has 0 aliphatic rings. The molecule has 0 saturated carbocycles. The fourth-order valence-electron chi connectivity index (χ4n) is 0.883. The molecule has 3 atom stereocenters. The predicted molar refractivity (Wildman–Crippen MR) is 70.3 cm³/mol. The Labute approximate surface area is 112 Å². The van der Waals surface area contributed by atoms with Gasteiger partial charge in [0.2, 0.25) is 0 Å². The van der Waals surface area contributed by atoms with Crippen molar-refractivity contribution < 1.29 is 13.6 Å².